The minimum Gasteiger partial charge on any atom is -0.481 e. The van der Waals surface area contributed by atoms with E-state index < -0.39 is 27.4 Å². The molecule has 3 fully saturated rings. The molecule has 28 heavy (non-hydrogen) atoms. The number of alkyl halides is 1. The van der Waals surface area contributed by atoms with Crippen LogP contribution in [0.1, 0.15) is 71.6 Å². The van der Waals surface area contributed by atoms with Gasteiger partial charge in [-0.3, -0.25) is 9.59 Å². The van der Waals surface area contributed by atoms with Crippen molar-refractivity contribution in [3.05, 3.63) is 11.6 Å². The highest BCUT2D eigenvalue weighted by molar-refractivity contribution is 9.10. The smallest absolute Gasteiger partial charge is 0.303 e. The van der Waals surface area contributed by atoms with E-state index in [1.165, 1.54) is 0 Å². The standard InChI is InChI=1S/C22H31BrO5/c1-19-8-5-14(24)11-13(19)3-4-16-15-6-9-21(28,10-7-18(26)27)20(15,2)12-17(25)22(16,19)23/h11,15-17,25,28H,3-10,12H2,1-2H3,(H,26,27)/t15-,16-,17?,19-,20-,21-,22-/m0/s1. The van der Waals surface area contributed by atoms with E-state index in [4.69, 9.17) is 5.11 Å². The molecule has 5 nitrogen and oxygen atoms in total. The molecule has 0 spiro atoms. The summed E-state index contributed by atoms with van der Waals surface area (Å²) in [7, 11) is 0. The molecule has 0 amide bonds. The molecular formula is C22H31BrO5. The van der Waals surface area contributed by atoms with Gasteiger partial charge < -0.3 is 15.3 Å². The minimum absolute atomic E-state index is 0.0499. The van der Waals surface area contributed by atoms with Crippen LogP contribution in [0.3, 0.4) is 0 Å². The summed E-state index contributed by atoms with van der Waals surface area (Å²) < 4.78 is -0.507. The lowest BCUT2D eigenvalue weighted by Crippen LogP contribution is -2.67. The lowest BCUT2D eigenvalue weighted by atomic mass is 9.45. The van der Waals surface area contributed by atoms with E-state index in [1.807, 2.05) is 0 Å². The third-order valence-corrected chi connectivity index (χ3v) is 11.1. The van der Waals surface area contributed by atoms with Crippen molar-refractivity contribution in [2.75, 3.05) is 0 Å². The summed E-state index contributed by atoms with van der Waals surface area (Å²) in [6.07, 6.45) is 6.21. The average molecular weight is 455 g/mol. The van der Waals surface area contributed by atoms with Gasteiger partial charge in [-0.1, -0.05) is 35.4 Å². The van der Waals surface area contributed by atoms with Crippen molar-refractivity contribution in [2.24, 2.45) is 22.7 Å². The first-order valence-electron chi connectivity index (χ1n) is 10.5. The van der Waals surface area contributed by atoms with E-state index in [0.717, 1.165) is 31.3 Å². The van der Waals surface area contributed by atoms with Crippen molar-refractivity contribution < 1.29 is 24.9 Å². The van der Waals surface area contributed by atoms with Gasteiger partial charge in [-0.05, 0) is 62.9 Å². The zero-order valence-electron chi connectivity index (χ0n) is 16.7. The molecule has 4 aliphatic carbocycles. The van der Waals surface area contributed by atoms with E-state index in [-0.39, 0.29) is 35.9 Å². The Morgan fingerprint density at radius 1 is 1.21 bits per heavy atom. The number of aliphatic carboxylic acids is 1. The molecule has 6 heteroatoms. The third-order valence-electron chi connectivity index (χ3n) is 9.12. The van der Waals surface area contributed by atoms with Crippen LogP contribution in [-0.2, 0) is 9.59 Å². The Balaban J connectivity index is 1.72. The third kappa shape index (κ3) is 2.50. The molecule has 3 saturated carbocycles. The number of hydrogen-bond donors (Lipinski definition) is 3. The van der Waals surface area contributed by atoms with E-state index in [1.54, 1.807) is 6.08 Å². The number of hydrogen-bond acceptors (Lipinski definition) is 4. The van der Waals surface area contributed by atoms with Gasteiger partial charge in [-0.15, -0.1) is 0 Å². The Morgan fingerprint density at radius 2 is 1.93 bits per heavy atom. The molecule has 0 heterocycles. The summed E-state index contributed by atoms with van der Waals surface area (Å²) in [5.74, 6) is -0.292. The number of allylic oxidation sites excluding steroid dienone is 1. The molecule has 1 unspecified atom stereocenters. The monoisotopic (exact) mass is 454 g/mol. The van der Waals surface area contributed by atoms with Crippen molar-refractivity contribution in [1.82, 2.24) is 0 Å². The Kier molecular flexibility index (Phi) is 4.69. The normalized spacial score (nSPS) is 50.4. The van der Waals surface area contributed by atoms with Gasteiger partial charge in [0.15, 0.2) is 5.78 Å². The van der Waals surface area contributed by atoms with Crippen molar-refractivity contribution in [3.8, 4) is 0 Å². The molecule has 4 aliphatic rings. The molecular weight excluding hydrogens is 424 g/mol. The lowest BCUT2D eigenvalue weighted by Gasteiger charge is -2.65. The predicted molar refractivity (Wildman–Crippen MR) is 108 cm³/mol. The highest BCUT2D eigenvalue weighted by atomic mass is 79.9. The number of carbonyl (C=O) groups excluding carboxylic acids is 1. The summed E-state index contributed by atoms with van der Waals surface area (Å²) in [5.41, 5.74) is -0.665. The zero-order chi connectivity index (χ0) is 20.5. The van der Waals surface area contributed by atoms with Gasteiger partial charge in [-0.25, -0.2) is 0 Å². The second kappa shape index (κ2) is 6.39. The van der Waals surface area contributed by atoms with Crippen LogP contribution in [0.15, 0.2) is 11.6 Å². The molecule has 0 aliphatic heterocycles. The molecule has 0 aromatic heterocycles. The summed E-state index contributed by atoms with van der Waals surface area (Å²) in [5, 5.41) is 32.1. The molecule has 3 N–H and O–H groups in total. The molecule has 0 saturated heterocycles. The summed E-state index contributed by atoms with van der Waals surface area (Å²) >= 11 is 4.04. The number of ketones is 1. The van der Waals surface area contributed by atoms with Crippen molar-refractivity contribution >= 4 is 27.7 Å². The molecule has 0 radical (unpaired) electrons. The van der Waals surface area contributed by atoms with Gasteiger partial charge in [-0.2, -0.15) is 0 Å². The number of halogens is 1. The Hall–Kier alpha value is -0.720. The van der Waals surface area contributed by atoms with Crippen molar-refractivity contribution in [1.29, 1.82) is 0 Å². The van der Waals surface area contributed by atoms with E-state index in [9.17, 15) is 19.8 Å². The van der Waals surface area contributed by atoms with E-state index in [2.05, 4.69) is 29.8 Å². The van der Waals surface area contributed by atoms with Gasteiger partial charge in [0.2, 0.25) is 0 Å². The van der Waals surface area contributed by atoms with Crippen molar-refractivity contribution in [3.63, 3.8) is 0 Å². The number of carboxylic acids is 1. The number of fused-ring (bicyclic) bond motifs is 5. The second-order valence-electron chi connectivity index (χ2n) is 10.1. The first-order valence-corrected chi connectivity index (χ1v) is 11.3. The van der Waals surface area contributed by atoms with Gasteiger partial charge in [0, 0.05) is 23.7 Å². The maximum absolute atomic E-state index is 12.0. The van der Waals surface area contributed by atoms with Gasteiger partial charge in [0.1, 0.15) is 0 Å². The number of aliphatic hydroxyl groups is 2. The number of carboxylic acid groups (broad SMARTS) is 1. The van der Waals surface area contributed by atoms with Crippen LogP contribution >= 0.6 is 15.9 Å². The van der Waals surface area contributed by atoms with E-state index >= 15 is 0 Å². The maximum Gasteiger partial charge on any atom is 0.303 e. The molecule has 0 aromatic rings. The highest BCUT2D eigenvalue weighted by Gasteiger charge is 2.71. The first kappa shape index (κ1) is 20.5. The SMILES string of the molecule is C[C@]12CCC(=O)C=C1CC[C@H]1[C@@H]3CC[C@](O)(CCC(=O)O)[C@@]3(C)CC(O)[C@@]12Br. The average Bonchev–Trinajstić information content (AvgIpc) is 2.87. The summed E-state index contributed by atoms with van der Waals surface area (Å²) in [4.78, 5) is 23.1. The number of carbonyl (C=O) groups is 2. The van der Waals surface area contributed by atoms with Gasteiger partial charge in [0.05, 0.1) is 16.0 Å². The van der Waals surface area contributed by atoms with Crippen LogP contribution in [0.4, 0.5) is 0 Å². The quantitative estimate of drug-likeness (QED) is 0.566. The maximum atomic E-state index is 12.0. The second-order valence-corrected chi connectivity index (χ2v) is 11.4. The minimum atomic E-state index is -1.05. The number of aliphatic hydroxyl groups excluding tert-OH is 1. The lowest BCUT2D eigenvalue weighted by molar-refractivity contribution is -0.163. The summed E-state index contributed by atoms with van der Waals surface area (Å²) in [6.45, 7) is 4.24. The van der Waals surface area contributed by atoms with Gasteiger partial charge in [0.25, 0.3) is 0 Å². The Labute approximate surface area is 174 Å². The largest absolute Gasteiger partial charge is 0.481 e. The zero-order valence-corrected chi connectivity index (χ0v) is 18.3. The van der Waals surface area contributed by atoms with Crippen LogP contribution in [-0.4, -0.2) is 43.1 Å². The first-order chi connectivity index (χ1) is 13.0. The fraction of sp³-hybridized carbons (Fsp3) is 0.818. The molecule has 4 rings (SSSR count). The van der Waals surface area contributed by atoms with Crippen LogP contribution < -0.4 is 0 Å². The van der Waals surface area contributed by atoms with Crippen molar-refractivity contribution in [2.45, 2.75) is 87.7 Å². The Bertz CT molecular complexity index is 749. The number of rotatable bonds is 3. The highest BCUT2D eigenvalue weighted by Crippen LogP contribution is 2.71. The van der Waals surface area contributed by atoms with Crippen LogP contribution in [0, 0.1) is 22.7 Å². The summed E-state index contributed by atoms with van der Waals surface area (Å²) in [6, 6.07) is 0. The van der Waals surface area contributed by atoms with E-state index in [0.29, 0.717) is 19.3 Å². The molecule has 7 atom stereocenters. The van der Waals surface area contributed by atoms with Crippen LogP contribution in [0.25, 0.3) is 0 Å². The van der Waals surface area contributed by atoms with Crippen LogP contribution in [0.5, 0.6) is 0 Å². The fourth-order valence-electron chi connectivity index (χ4n) is 7.39. The topological polar surface area (TPSA) is 94.8 Å². The molecule has 0 aromatic carbocycles. The molecule has 0 bridgehead atoms. The predicted octanol–water partition coefficient (Wildman–Crippen LogP) is 3.60. The Morgan fingerprint density at radius 3 is 2.61 bits per heavy atom. The fourth-order valence-corrected chi connectivity index (χ4v) is 8.55. The molecule has 156 valence electrons. The van der Waals surface area contributed by atoms with Gasteiger partial charge >= 0.3 is 5.97 Å². The van der Waals surface area contributed by atoms with Crippen LogP contribution in [0.2, 0.25) is 0 Å².